The smallest absolute Gasteiger partial charge is 0.292 e. The summed E-state index contributed by atoms with van der Waals surface area (Å²) in [6.45, 7) is 7.82. The van der Waals surface area contributed by atoms with E-state index in [1.165, 1.54) is 29.5 Å². The Morgan fingerprint density at radius 3 is 2.72 bits per heavy atom. The summed E-state index contributed by atoms with van der Waals surface area (Å²) < 4.78 is 1.56. The summed E-state index contributed by atoms with van der Waals surface area (Å²) in [5.41, 5.74) is 0.778. The highest BCUT2D eigenvalue weighted by atomic mass is 32.2. The molecule has 0 bridgehead atoms. The van der Waals surface area contributed by atoms with Gasteiger partial charge in [-0.15, -0.1) is 11.3 Å². The molecule has 1 unspecified atom stereocenters. The molecule has 29 heavy (non-hydrogen) atoms. The first-order chi connectivity index (χ1) is 13.7. The van der Waals surface area contributed by atoms with Crippen molar-refractivity contribution >= 4 is 50.6 Å². The zero-order valence-corrected chi connectivity index (χ0v) is 18.0. The van der Waals surface area contributed by atoms with Crippen molar-refractivity contribution in [1.82, 2.24) is 9.55 Å². The third-order valence-electron chi connectivity index (χ3n) is 4.58. The van der Waals surface area contributed by atoms with E-state index >= 15 is 0 Å². The Morgan fingerprint density at radius 1 is 1.38 bits per heavy atom. The van der Waals surface area contributed by atoms with Crippen LogP contribution in [0.25, 0.3) is 10.2 Å². The number of amides is 1. The van der Waals surface area contributed by atoms with Crippen LogP contribution in [-0.4, -0.2) is 25.6 Å². The molecule has 0 radical (unpaired) electrons. The van der Waals surface area contributed by atoms with Crippen LogP contribution in [-0.2, 0) is 11.3 Å². The second kappa shape index (κ2) is 8.34. The maximum Gasteiger partial charge on any atom is 0.292 e. The largest absolute Gasteiger partial charge is 0.319 e. The van der Waals surface area contributed by atoms with Gasteiger partial charge in [-0.1, -0.05) is 23.9 Å². The molecule has 0 aliphatic rings. The molecule has 2 aromatic heterocycles. The zero-order valence-electron chi connectivity index (χ0n) is 16.4. The first-order valence-corrected chi connectivity index (χ1v) is 10.7. The third-order valence-corrected chi connectivity index (χ3v) is 6.77. The van der Waals surface area contributed by atoms with E-state index in [9.17, 15) is 19.7 Å². The molecule has 1 N–H and O–H groups in total. The lowest BCUT2D eigenvalue weighted by Gasteiger charge is -2.15. The van der Waals surface area contributed by atoms with Crippen molar-refractivity contribution in [1.29, 1.82) is 0 Å². The van der Waals surface area contributed by atoms with E-state index in [1.54, 1.807) is 17.6 Å². The predicted octanol–water partition coefficient (Wildman–Crippen LogP) is 4.12. The van der Waals surface area contributed by atoms with Crippen molar-refractivity contribution < 1.29 is 9.72 Å². The van der Waals surface area contributed by atoms with Gasteiger partial charge in [-0.2, -0.15) is 0 Å². The first-order valence-electron chi connectivity index (χ1n) is 8.96. The Bertz CT molecular complexity index is 1170. The second-order valence-corrected chi connectivity index (χ2v) is 8.94. The molecule has 0 saturated heterocycles. The Morgan fingerprint density at radius 2 is 2.07 bits per heavy atom. The highest BCUT2D eigenvalue weighted by molar-refractivity contribution is 8.00. The number of aryl methyl sites for hydroxylation is 2. The molecule has 0 aliphatic carbocycles. The molecule has 0 spiro atoms. The molecule has 8 nitrogen and oxygen atoms in total. The third kappa shape index (κ3) is 4.03. The fourth-order valence-corrected chi connectivity index (χ4v) is 4.91. The summed E-state index contributed by atoms with van der Waals surface area (Å²) >= 11 is 2.61. The highest BCUT2D eigenvalue weighted by Gasteiger charge is 2.23. The van der Waals surface area contributed by atoms with Crippen LogP contribution < -0.4 is 10.9 Å². The lowest BCUT2D eigenvalue weighted by atomic mass is 10.2. The average Bonchev–Trinajstić information content (AvgIpc) is 2.96. The van der Waals surface area contributed by atoms with Gasteiger partial charge in [0.25, 0.3) is 11.2 Å². The number of nitro benzene ring substituents is 1. The Balaban J connectivity index is 1.90. The number of rotatable bonds is 6. The van der Waals surface area contributed by atoms with Gasteiger partial charge in [0.1, 0.15) is 10.5 Å². The molecule has 3 aromatic rings. The number of aromatic nitrogens is 2. The van der Waals surface area contributed by atoms with Crippen molar-refractivity contribution in [2.45, 2.75) is 44.6 Å². The van der Waals surface area contributed by atoms with Crippen LogP contribution in [0.2, 0.25) is 0 Å². The number of nitrogens with one attached hydrogen (secondary N) is 1. The summed E-state index contributed by atoms with van der Waals surface area (Å²) in [6, 6.07) is 5.97. The lowest BCUT2D eigenvalue weighted by molar-refractivity contribution is -0.383. The molecule has 1 aromatic carbocycles. The van der Waals surface area contributed by atoms with Crippen molar-refractivity contribution in [3.63, 3.8) is 0 Å². The van der Waals surface area contributed by atoms with E-state index in [-0.39, 0.29) is 16.9 Å². The monoisotopic (exact) mass is 432 g/mol. The average molecular weight is 433 g/mol. The van der Waals surface area contributed by atoms with Gasteiger partial charge in [0.15, 0.2) is 5.16 Å². The van der Waals surface area contributed by atoms with Crippen molar-refractivity contribution in [3.8, 4) is 0 Å². The second-order valence-electron chi connectivity index (χ2n) is 6.43. The number of benzene rings is 1. The van der Waals surface area contributed by atoms with E-state index in [0.717, 1.165) is 22.2 Å². The van der Waals surface area contributed by atoms with Gasteiger partial charge >= 0.3 is 0 Å². The fourth-order valence-electron chi connectivity index (χ4n) is 2.86. The molecule has 1 atom stereocenters. The van der Waals surface area contributed by atoms with E-state index in [4.69, 9.17) is 0 Å². The van der Waals surface area contributed by atoms with Crippen LogP contribution in [0.4, 0.5) is 11.4 Å². The highest BCUT2D eigenvalue weighted by Crippen LogP contribution is 2.30. The SMILES string of the molecule is CCn1c(SC(C)C(=O)Nc2ccccc2[N+](=O)[O-])nc2sc(C)c(C)c2c1=O. The minimum atomic E-state index is -0.612. The van der Waals surface area contributed by atoms with Crippen LogP contribution in [0.1, 0.15) is 24.3 Å². The maximum atomic E-state index is 12.9. The zero-order chi connectivity index (χ0) is 21.3. The number of nitro groups is 1. The molecule has 1 amide bonds. The number of thiophene rings is 1. The van der Waals surface area contributed by atoms with Crippen molar-refractivity contribution in [2.75, 3.05) is 5.32 Å². The van der Waals surface area contributed by atoms with Crippen molar-refractivity contribution in [2.24, 2.45) is 0 Å². The number of para-hydroxylation sites is 2. The lowest BCUT2D eigenvalue weighted by Crippen LogP contribution is -2.26. The number of thioether (sulfide) groups is 1. The molecule has 0 aliphatic heterocycles. The maximum absolute atomic E-state index is 12.9. The summed E-state index contributed by atoms with van der Waals surface area (Å²) in [5, 5.41) is 14.2. The van der Waals surface area contributed by atoms with Gasteiger partial charge in [0, 0.05) is 17.5 Å². The normalized spacial score (nSPS) is 12.1. The Hall–Kier alpha value is -2.72. The number of nitrogens with zero attached hydrogens (tertiary/aromatic N) is 3. The van der Waals surface area contributed by atoms with Crippen LogP contribution in [0.3, 0.4) is 0 Å². The molecule has 3 rings (SSSR count). The molecule has 0 saturated carbocycles. The van der Waals surface area contributed by atoms with Gasteiger partial charge in [-0.25, -0.2) is 4.98 Å². The van der Waals surface area contributed by atoms with Crippen LogP contribution in [0, 0.1) is 24.0 Å². The Kier molecular flexibility index (Phi) is 6.04. The van der Waals surface area contributed by atoms with Gasteiger partial charge in [0.05, 0.1) is 15.6 Å². The van der Waals surface area contributed by atoms with E-state index in [1.807, 2.05) is 20.8 Å². The number of fused-ring (bicyclic) bond motifs is 1. The van der Waals surface area contributed by atoms with E-state index < -0.39 is 16.1 Å². The molecular weight excluding hydrogens is 412 g/mol. The van der Waals surface area contributed by atoms with Crippen LogP contribution in [0.5, 0.6) is 0 Å². The Labute approximate surface area is 175 Å². The van der Waals surface area contributed by atoms with Gasteiger partial charge < -0.3 is 5.32 Å². The first kappa shape index (κ1) is 21.0. The molecule has 2 heterocycles. The van der Waals surface area contributed by atoms with E-state index in [2.05, 4.69) is 10.3 Å². The number of hydrogen-bond donors (Lipinski definition) is 1. The fraction of sp³-hybridized carbons (Fsp3) is 0.316. The number of anilines is 1. The molecular formula is C19H20N4O4S2. The minimum absolute atomic E-state index is 0.117. The van der Waals surface area contributed by atoms with E-state index in [0.29, 0.717) is 21.9 Å². The molecule has 10 heteroatoms. The standard InChI is InChI=1S/C19H20N4O4S2/c1-5-22-18(25)15-10(2)11(3)28-17(15)21-19(22)29-12(4)16(24)20-13-8-6-7-9-14(13)23(26)27/h6-9,12H,5H2,1-4H3,(H,20,24). The van der Waals surface area contributed by atoms with Gasteiger partial charge in [-0.05, 0) is 39.3 Å². The number of carbonyl (C=O) groups is 1. The molecule has 0 fully saturated rings. The predicted molar refractivity (Wildman–Crippen MR) is 116 cm³/mol. The summed E-state index contributed by atoms with van der Waals surface area (Å²) in [7, 11) is 0. The topological polar surface area (TPSA) is 107 Å². The summed E-state index contributed by atoms with van der Waals surface area (Å²) in [6.07, 6.45) is 0. The van der Waals surface area contributed by atoms with Crippen LogP contribution >= 0.6 is 23.1 Å². The van der Waals surface area contributed by atoms with Gasteiger partial charge in [-0.3, -0.25) is 24.3 Å². The summed E-state index contributed by atoms with van der Waals surface area (Å²) in [4.78, 5) is 42.5. The summed E-state index contributed by atoms with van der Waals surface area (Å²) in [5.74, 6) is -0.403. The van der Waals surface area contributed by atoms with Crippen LogP contribution in [0.15, 0.2) is 34.2 Å². The molecule has 152 valence electrons. The minimum Gasteiger partial charge on any atom is -0.319 e. The number of carbonyl (C=O) groups excluding carboxylic acids is 1. The van der Waals surface area contributed by atoms with Crippen molar-refractivity contribution in [3.05, 3.63) is 55.2 Å². The quantitative estimate of drug-likeness (QED) is 0.272. The number of hydrogen-bond acceptors (Lipinski definition) is 7. The van der Waals surface area contributed by atoms with Gasteiger partial charge in [0.2, 0.25) is 5.91 Å².